The van der Waals surface area contributed by atoms with Gasteiger partial charge in [-0.05, 0) is 22.4 Å². The summed E-state index contributed by atoms with van der Waals surface area (Å²) in [5.41, 5.74) is 8.04. The quantitative estimate of drug-likeness (QED) is 0.882. The monoisotopic (exact) mass is 334 g/mol. The molecule has 1 saturated heterocycles. The smallest absolute Gasteiger partial charge is 0.273 e. The molecule has 6 heteroatoms. The Balaban J connectivity index is 1.89. The zero-order chi connectivity index (χ0) is 14.1. The number of carbonyl (C=O) groups excluding carboxylic acids is 1. The van der Waals surface area contributed by atoms with Gasteiger partial charge in [-0.2, -0.15) is 5.10 Å². The summed E-state index contributed by atoms with van der Waals surface area (Å²) in [5, 5.41) is 7.08. The van der Waals surface area contributed by atoms with Gasteiger partial charge in [0.15, 0.2) is 0 Å². The van der Waals surface area contributed by atoms with Gasteiger partial charge in [0.2, 0.25) is 0 Å². The predicted molar refractivity (Wildman–Crippen MR) is 80.2 cm³/mol. The molecule has 1 fully saturated rings. The van der Waals surface area contributed by atoms with E-state index in [1.54, 1.807) is 4.90 Å². The summed E-state index contributed by atoms with van der Waals surface area (Å²) in [7, 11) is 0. The number of rotatable bonds is 2. The average Bonchev–Trinajstić information content (AvgIpc) is 3.05. The molecule has 1 aliphatic rings. The third kappa shape index (κ3) is 2.36. The molecule has 1 aromatic heterocycles. The van der Waals surface area contributed by atoms with Crippen LogP contribution in [0.1, 0.15) is 16.9 Å². The fourth-order valence-electron chi connectivity index (χ4n) is 2.39. The molecule has 2 aromatic rings. The highest BCUT2D eigenvalue weighted by atomic mass is 79.9. The Bertz CT molecular complexity index is 625. The molecule has 0 saturated carbocycles. The van der Waals surface area contributed by atoms with Crippen LogP contribution in [0.25, 0.3) is 11.3 Å². The second-order valence-electron chi connectivity index (χ2n) is 4.93. The first-order chi connectivity index (χ1) is 9.66. The molecule has 104 valence electrons. The van der Waals surface area contributed by atoms with Gasteiger partial charge in [-0.3, -0.25) is 9.89 Å². The molecule has 3 rings (SSSR count). The molecule has 0 spiro atoms. The molecular weight excluding hydrogens is 320 g/mol. The van der Waals surface area contributed by atoms with E-state index < -0.39 is 0 Å². The second kappa shape index (κ2) is 5.38. The second-order valence-corrected chi connectivity index (χ2v) is 5.72. The molecule has 1 atom stereocenters. The van der Waals surface area contributed by atoms with Crippen molar-refractivity contribution in [3.63, 3.8) is 0 Å². The van der Waals surface area contributed by atoms with Crippen LogP contribution in [0, 0.1) is 0 Å². The first kappa shape index (κ1) is 13.3. The minimum absolute atomic E-state index is 0.0560. The minimum Gasteiger partial charge on any atom is -0.336 e. The number of halogens is 1. The molecule has 5 nitrogen and oxygen atoms in total. The topological polar surface area (TPSA) is 75.0 Å². The van der Waals surface area contributed by atoms with Crippen molar-refractivity contribution < 1.29 is 4.79 Å². The van der Waals surface area contributed by atoms with Crippen molar-refractivity contribution in [3.8, 4) is 11.3 Å². The highest BCUT2D eigenvalue weighted by Gasteiger charge is 2.28. The standard InChI is InChI=1S/C14H15BrN4O/c15-11-12(9-4-2-1-3-5-9)17-18-13(11)14(20)19-7-6-10(16)8-19/h1-5,10H,6-8,16H2,(H,17,18)/t10-/m1/s1. The van der Waals surface area contributed by atoms with E-state index in [1.165, 1.54) is 0 Å². The first-order valence-corrected chi connectivity index (χ1v) is 7.30. The molecule has 3 N–H and O–H groups in total. The fraction of sp³-hybridized carbons (Fsp3) is 0.286. The molecule has 0 unspecified atom stereocenters. The highest BCUT2D eigenvalue weighted by Crippen LogP contribution is 2.29. The van der Waals surface area contributed by atoms with E-state index in [-0.39, 0.29) is 11.9 Å². The maximum absolute atomic E-state index is 12.4. The molecule has 0 bridgehead atoms. The van der Waals surface area contributed by atoms with Gasteiger partial charge in [0.1, 0.15) is 11.4 Å². The van der Waals surface area contributed by atoms with Gasteiger partial charge in [0.25, 0.3) is 5.91 Å². The summed E-state index contributed by atoms with van der Waals surface area (Å²) < 4.78 is 0.703. The van der Waals surface area contributed by atoms with E-state index in [2.05, 4.69) is 26.1 Å². The van der Waals surface area contributed by atoms with Crippen LogP contribution in [0.4, 0.5) is 0 Å². The highest BCUT2D eigenvalue weighted by molar-refractivity contribution is 9.10. The number of aromatic nitrogens is 2. The average molecular weight is 335 g/mol. The first-order valence-electron chi connectivity index (χ1n) is 6.51. The van der Waals surface area contributed by atoms with Crippen LogP contribution < -0.4 is 5.73 Å². The normalized spacial score (nSPS) is 18.5. The Morgan fingerprint density at radius 1 is 1.40 bits per heavy atom. The van der Waals surface area contributed by atoms with Gasteiger partial charge in [-0.1, -0.05) is 30.3 Å². The van der Waals surface area contributed by atoms with Gasteiger partial charge < -0.3 is 10.6 Å². The number of hydrogen-bond donors (Lipinski definition) is 2. The maximum Gasteiger partial charge on any atom is 0.273 e. The summed E-state index contributed by atoms with van der Waals surface area (Å²) in [6, 6.07) is 9.83. The van der Waals surface area contributed by atoms with E-state index in [0.29, 0.717) is 23.3 Å². The van der Waals surface area contributed by atoms with E-state index in [1.807, 2.05) is 30.3 Å². The van der Waals surface area contributed by atoms with Crippen LogP contribution in [-0.4, -0.2) is 40.1 Å². The predicted octanol–water partition coefficient (Wildman–Crippen LogP) is 2.01. The Kier molecular flexibility index (Phi) is 3.58. The van der Waals surface area contributed by atoms with Crippen LogP contribution >= 0.6 is 15.9 Å². The minimum atomic E-state index is -0.0560. The number of likely N-dealkylation sites (tertiary alicyclic amines) is 1. The molecule has 0 aliphatic carbocycles. The largest absolute Gasteiger partial charge is 0.336 e. The van der Waals surface area contributed by atoms with E-state index in [4.69, 9.17) is 5.73 Å². The SMILES string of the molecule is N[C@@H]1CCN(C(=O)c2[nH]nc(-c3ccccc3)c2Br)C1. The van der Waals surface area contributed by atoms with Gasteiger partial charge in [-0.25, -0.2) is 0 Å². The van der Waals surface area contributed by atoms with Crippen LogP contribution in [0.3, 0.4) is 0 Å². The van der Waals surface area contributed by atoms with Gasteiger partial charge in [0.05, 0.1) is 4.47 Å². The van der Waals surface area contributed by atoms with Crippen LogP contribution in [0.15, 0.2) is 34.8 Å². The molecule has 0 radical (unpaired) electrons. The number of nitrogens with two attached hydrogens (primary N) is 1. The molecule has 1 amide bonds. The van der Waals surface area contributed by atoms with Gasteiger partial charge in [-0.15, -0.1) is 0 Å². The summed E-state index contributed by atoms with van der Waals surface area (Å²) >= 11 is 3.48. The van der Waals surface area contributed by atoms with Crippen molar-refractivity contribution in [2.75, 3.05) is 13.1 Å². The number of carbonyl (C=O) groups is 1. The zero-order valence-electron chi connectivity index (χ0n) is 10.8. The lowest BCUT2D eigenvalue weighted by molar-refractivity contribution is 0.0784. The van der Waals surface area contributed by atoms with Crippen molar-refractivity contribution in [1.82, 2.24) is 15.1 Å². The van der Waals surface area contributed by atoms with Crippen molar-refractivity contribution >= 4 is 21.8 Å². The molecule has 20 heavy (non-hydrogen) atoms. The number of aromatic amines is 1. The number of hydrogen-bond acceptors (Lipinski definition) is 3. The van der Waals surface area contributed by atoms with E-state index >= 15 is 0 Å². The molecular formula is C14H15BrN4O. The number of nitrogens with one attached hydrogen (secondary N) is 1. The lowest BCUT2D eigenvalue weighted by atomic mass is 10.1. The van der Waals surface area contributed by atoms with Crippen LogP contribution in [0.2, 0.25) is 0 Å². The molecule has 2 heterocycles. The summed E-state index contributed by atoms with van der Waals surface area (Å²) in [6.07, 6.45) is 0.850. The third-order valence-electron chi connectivity index (χ3n) is 3.48. The Morgan fingerprint density at radius 3 is 2.80 bits per heavy atom. The number of amides is 1. The van der Waals surface area contributed by atoms with Gasteiger partial charge >= 0.3 is 0 Å². The Labute approximate surface area is 125 Å². The van der Waals surface area contributed by atoms with Gasteiger partial charge in [0, 0.05) is 24.7 Å². The van der Waals surface area contributed by atoms with E-state index in [0.717, 1.165) is 17.7 Å². The summed E-state index contributed by atoms with van der Waals surface area (Å²) in [6.45, 7) is 1.30. The van der Waals surface area contributed by atoms with Crippen LogP contribution in [0.5, 0.6) is 0 Å². The zero-order valence-corrected chi connectivity index (χ0v) is 12.4. The third-order valence-corrected chi connectivity index (χ3v) is 4.25. The molecule has 1 aromatic carbocycles. The van der Waals surface area contributed by atoms with Crippen molar-refractivity contribution in [1.29, 1.82) is 0 Å². The maximum atomic E-state index is 12.4. The van der Waals surface area contributed by atoms with Crippen molar-refractivity contribution in [3.05, 3.63) is 40.5 Å². The lowest BCUT2D eigenvalue weighted by Crippen LogP contribution is -2.32. The summed E-state index contributed by atoms with van der Waals surface area (Å²) in [5.74, 6) is -0.0560. The number of benzene rings is 1. The number of nitrogens with zero attached hydrogens (tertiary/aromatic N) is 2. The van der Waals surface area contributed by atoms with Crippen LogP contribution in [-0.2, 0) is 0 Å². The molecule has 1 aliphatic heterocycles. The lowest BCUT2D eigenvalue weighted by Gasteiger charge is -2.14. The number of H-pyrrole nitrogens is 1. The summed E-state index contributed by atoms with van der Waals surface area (Å²) in [4.78, 5) is 14.2. The van der Waals surface area contributed by atoms with E-state index in [9.17, 15) is 4.79 Å². The van der Waals surface area contributed by atoms with Crippen molar-refractivity contribution in [2.24, 2.45) is 5.73 Å². The Hall–Kier alpha value is -1.66. The fourth-order valence-corrected chi connectivity index (χ4v) is 2.96. The van der Waals surface area contributed by atoms with Crippen molar-refractivity contribution in [2.45, 2.75) is 12.5 Å². The Morgan fingerprint density at radius 2 is 2.15 bits per heavy atom.